The normalized spacial score (nSPS) is 23.7. The van der Waals surface area contributed by atoms with Crippen LogP contribution in [0, 0.1) is 5.82 Å². The van der Waals surface area contributed by atoms with Crippen LogP contribution < -0.4 is 5.32 Å². The lowest BCUT2D eigenvalue weighted by molar-refractivity contribution is -0.131. The Morgan fingerprint density at radius 2 is 2.00 bits per heavy atom. The van der Waals surface area contributed by atoms with E-state index in [1.54, 1.807) is 19.0 Å². The van der Waals surface area contributed by atoms with Gasteiger partial charge in [0.15, 0.2) is 0 Å². The van der Waals surface area contributed by atoms with Crippen LogP contribution in [-0.2, 0) is 4.79 Å². The highest BCUT2D eigenvalue weighted by molar-refractivity contribution is 5.81. The molecule has 2 atom stereocenters. The molecular weight excluding hydrogens is 231 g/mol. The molecule has 1 aromatic carbocycles. The van der Waals surface area contributed by atoms with Crippen LogP contribution in [0.3, 0.4) is 0 Å². The average Bonchev–Trinajstić information content (AvgIpc) is 2.38. The van der Waals surface area contributed by atoms with Gasteiger partial charge in [-0.2, -0.15) is 0 Å². The lowest BCUT2D eigenvalue weighted by Gasteiger charge is -2.31. The van der Waals surface area contributed by atoms with Crippen LogP contribution in [0.25, 0.3) is 0 Å². The monoisotopic (exact) mass is 250 g/mol. The zero-order valence-electron chi connectivity index (χ0n) is 10.8. The van der Waals surface area contributed by atoms with Gasteiger partial charge in [-0.05, 0) is 43.0 Å². The van der Waals surface area contributed by atoms with E-state index in [1.165, 1.54) is 12.1 Å². The number of piperidine rings is 1. The predicted molar refractivity (Wildman–Crippen MR) is 68.9 cm³/mol. The Kier molecular flexibility index (Phi) is 3.97. The molecule has 2 unspecified atom stereocenters. The van der Waals surface area contributed by atoms with Crippen LogP contribution in [0.4, 0.5) is 4.39 Å². The minimum Gasteiger partial charge on any atom is -0.347 e. The molecule has 98 valence electrons. The quantitative estimate of drug-likeness (QED) is 0.867. The highest BCUT2D eigenvalue weighted by Crippen LogP contribution is 2.28. The van der Waals surface area contributed by atoms with Crippen molar-refractivity contribution in [3.8, 4) is 0 Å². The Labute approximate surface area is 107 Å². The van der Waals surface area contributed by atoms with Gasteiger partial charge in [0.25, 0.3) is 0 Å². The Bertz CT molecular complexity index is 416. The Hall–Kier alpha value is -1.42. The number of amides is 1. The fourth-order valence-corrected chi connectivity index (χ4v) is 2.45. The first-order valence-electron chi connectivity index (χ1n) is 6.28. The third-order valence-electron chi connectivity index (χ3n) is 3.48. The second-order valence-corrected chi connectivity index (χ2v) is 5.01. The van der Waals surface area contributed by atoms with Gasteiger partial charge in [-0.25, -0.2) is 4.39 Å². The van der Waals surface area contributed by atoms with E-state index >= 15 is 0 Å². The molecule has 1 saturated heterocycles. The number of rotatable bonds is 2. The fourth-order valence-electron chi connectivity index (χ4n) is 2.45. The van der Waals surface area contributed by atoms with Crippen LogP contribution >= 0.6 is 0 Å². The molecule has 3 nitrogen and oxygen atoms in total. The summed E-state index contributed by atoms with van der Waals surface area (Å²) in [4.78, 5) is 13.5. The topological polar surface area (TPSA) is 32.3 Å². The van der Waals surface area contributed by atoms with Gasteiger partial charge < -0.3 is 10.2 Å². The first kappa shape index (κ1) is 13.0. The SMILES string of the molecule is CN(C)C(=O)C1CC(c2ccc(F)cc2)CCN1. The number of hydrogen-bond donors (Lipinski definition) is 1. The molecule has 1 aliphatic heterocycles. The van der Waals surface area contributed by atoms with Gasteiger partial charge in [0.05, 0.1) is 6.04 Å². The summed E-state index contributed by atoms with van der Waals surface area (Å²) in [5.41, 5.74) is 1.12. The maximum atomic E-state index is 12.9. The smallest absolute Gasteiger partial charge is 0.239 e. The first-order chi connectivity index (χ1) is 8.58. The van der Waals surface area contributed by atoms with E-state index in [0.29, 0.717) is 5.92 Å². The van der Waals surface area contributed by atoms with E-state index in [4.69, 9.17) is 0 Å². The Balaban J connectivity index is 2.07. The van der Waals surface area contributed by atoms with Crippen molar-refractivity contribution in [2.45, 2.75) is 24.8 Å². The largest absolute Gasteiger partial charge is 0.347 e. The van der Waals surface area contributed by atoms with E-state index in [0.717, 1.165) is 24.9 Å². The third-order valence-corrected chi connectivity index (χ3v) is 3.48. The zero-order chi connectivity index (χ0) is 13.1. The fraction of sp³-hybridized carbons (Fsp3) is 0.500. The van der Waals surface area contributed by atoms with Crippen molar-refractivity contribution < 1.29 is 9.18 Å². The van der Waals surface area contributed by atoms with E-state index in [2.05, 4.69) is 5.32 Å². The van der Waals surface area contributed by atoms with E-state index in [9.17, 15) is 9.18 Å². The molecule has 0 spiro atoms. The number of nitrogens with one attached hydrogen (secondary N) is 1. The van der Waals surface area contributed by atoms with Gasteiger partial charge in [-0.15, -0.1) is 0 Å². The maximum absolute atomic E-state index is 12.9. The number of carbonyl (C=O) groups is 1. The summed E-state index contributed by atoms with van der Waals surface area (Å²) in [6, 6.07) is 6.49. The molecule has 18 heavy (non-hydrogen) atoms. The van der Waals surface area contributed by atoms with Gasteiger partial charge in [0, 0.05) is 14.1 Å². The minimum absolute atomic E-state index is 0.113. The summed E-state index contributed by atoms with van der Waals surface area (Å²) < 4.78 is 12.9. The second-order valence-electron chi connectivity index (χ2n) is 5.01. The average molecular weight is 250 g/mol. The highest BCUT2D eigenvalue weighted by atomic mass is 19.1. The van der Waals surface area contributed by atoms with Crippen LogP contribution in [0.15, 0.2) is 24.3 Å². The van der Waals surface area contributed by atoms with Crippen molar-refractivity contribution in [3.05, 3.63) is 35.6 Å². The highest BCUT2D eigenvalue weighted by Gasteiger charge is 2.28. The molecule has 0 aromatic heterocycles. The van der Waals surface area contributed by atoms with Crippen LogP contribution in [-0.4, -0.2) is 37.5 Å². The summed E-state index contributed by atoms with van der Waals surface area (Å²) in [7, 11) is 3.54. The molecule has 0 aliphatic carbocycles. The minimum atomic E-state index is -0.214. The van der Waals surface area contributed by atoms with E-state index in [-0.39, 0.29) is 17.8 Å². The van der Waals surface area contributed by atoms with Gasteiger partial charge in [0.1, 0.15) is 5.82 Å². The molecule has 1 fully saturated rings. The number of carbonyl (C=O) groups excluding carboxylic acids is 1. The van der Waals surface area contributed by atoms with Crippen molar-refractivity contribution in [3.63, 3.8) is 0 Å². The van der Waals surface area contributed by atoms with Crippen molar-refractivity contribution >= 4 is 5.91 Å². The van der Waals surface area contributed by atoms with Crippen molar-refractivity contribution in [1.82, 2.24) is 10.2 Å². The van der Waals surface area contributed by atoms with Gasteiger partial charge in [-0.1, -0.05) is 12.1 Å². The van der Waals surface area contributed by atoms with E-state index < -0.39 is 0 Å². The molecule has 2 rings (SSSR count). The van der Waals surface area contributed by atoms with Gasteiger partial charge in [-0.3, -0.25) is 4.79 Å². The lowest BCUT2D eigenvalue weighted by Crippen LogP contribution is -2.47. The van der Waals surface area contributed by atoms with Crippen molar-refractivity contribution in [2.24, 2.45) is 0 Å². The van der Waals surface area contributed by atoms with Crippen LogP contribution in [0.1, 0.15) is 24.3 Å². The van der Waals surface area contributed by atoms with Crippen LogP contribution in [0.5, 0.6) is 0 Å². The van der Waals surface area contributed by atoms with E-state index in [1.807, 2.05) is 12.1 Å². The molecule has 1 aliphatic rings. The van der Waals surface area contributed by atoms with Crippen LogP contribution in [0.2, 0.25) is 0 Å². The molecule has 0 saturated carbocycles. The summed E-state index contributed by atoms with van der Waals surface area (Å²) in [5.74, 6) is 0.233. The number of nitrogens with zero attached hydrogens (tertiary/aromatic N) is 1. The Morgan fingerprint density at radius 1 is 1.33 bits per heavy atom. The third kappa shape index (κ3) is 2.88. The lowest BCUT2D eigenvalue weighted by atomic mass is 9.86. The number of halogens is 1. The Morgan fingerprint density at radius 3 is 2.61 bits per heavy atom. The maximum Gasteiger partial charge on any atom is 0.239 e. The molecular formula is C14H19FN2O. The zero-order valence-corrected chi connectivity index (χ0v) is 10.8. The molecule has 0 bridgehead atoms. The van der Waals surface area contributed by atoms with Gasteiger partial charge >= 0.3 is 0 Å². The number of likely N-dealkylation sites (N-methyl/N-ethyl adjacent to an activating group) is 1. The summed E-state index contributed by atoms with van der Waals surface area (Å²) in [5, 5.41) is 3.25. The number of benzene rings is 1. The predicted octanol–water partition coefficient (Wildman–Crippen LogP) is 1.75. The molecule has 1 heterocycles. The standard InChI is InChI=1S/C14H19FN2O/c1-17(2)14(18)13-9-11(7-8-16-13)10-3-5-12(15)6-4-10/h3-6,11,13,16H,7-9H2,1-2H3. The molecule has 1 N–H and O–H groups in total. The second kappa shape index (κ2) is 5.48. The van der Waals surface area contributed by atoms with Gasteiger partial charge in [0.2, 0.25) is 5.91 Å². The number of hydrogen-bond acceptors (Lipinski definition) is 2. The first-order valence-corrected chi connectivity index (χ1v) is 6.28. The molecule has 0 radical (unpaired) electrons. The summed E-state index contributed by atoms with van der Waals surface area (Å²) in [6.45, 7) is 0.826. The molecule has 1 aromatic rings. The molecule has 1 amide bonds. The summed E-state index contributed by atoms with van der Waals surface area (Å²) in [6.07, 6.45) is 1.77. The van der Waals surface area contributed by atoms with Crippen molar-refractivity contribution in [1.29, 1.82) is 0 Å². The summed E-state index contributed by atoms with van der Waals surface area (Å²) >= 11 is 0. The molecule has 4 heteroatoms. The van der Waals surface area contributed by atoms with Crippen molar-refractivity contribution in [2.75, 3.05) is 20.6 Å².